The first-order valence-electron chi connectivity index (χ1n) is 11.0. The number of likely N-dealkylation sites (tertiary alicyclic amines) is 1. The molecule has 0 radical (unpaired) electrons. The molecule has 2 saturated heterocycles. The number of allylic oxidation sites excluding steroid dienone is 1. The molecule has 5 heteroatoms. The zero-order chi connectivity index (χ0) is 21.7. The predicted octanol–water partition coefficient (Wildman–Crippen LogP) is 3.94. The molecule has 2 fully saturated rings. The molecular formula is C26H26N2O3. The molecule has 5 nitrogen and oxygen atoms in total. The molecule has 5 rings (SSSR count). The molecule has 0 unspecified atom stereocenters. The first-order chi connectivity index (χ1) is 15.0. The Kier molecular flexibility index (Phi) is 4.77. The second kappa shape index (κ2) is 7.49. The topological polar surface area (TPSA) is 57.7 Å². The minimum atomic E-state index is -0.689. The average Bonchev–Trinajstić information content (AvgIpc) is 3.25. The lowest BCUT2D eigenvalue weighted by Crippen LogP contribution is -2.49. The summed E-state index contributed by atoms with van der Waals surface area (Å²) in [7, 11) is 0. The van der Waals surface area contributed by atoms with Gasteiger partial charge in [0, 0.05) is 23.4 Å². The van der Waals surface area contributed by atoms with Crippen molar-refractivity contribution in [3.05, 3.63) is 71.8 Å². The van der Waals surface area contributed by atoms with Crippen LogP contribution in [0.3, 0.4) is 0 Å². The fraction of sp³-hybridized carbons (Fsp3) is 0.346. The molecule has 2 amide bonds. The van der Waals surface area contributed by atoms with E-state index in [4.69, 9.17) is 0 Å². The van der Waals surface area contributed by atoms with Crippen LogP contribution < -0.4 is 4.90 Å². The summed E-state index contributed by atoms with van der Waals surface area (Å²) in [6.07, 6.45) is 3.76. The lowest BCUT2D eigenvalue weighted by Gasteiger charge is -2.38. The van der Waals surface area contributed by atoms with Gasteiger partial charge in [0.2, 0.25) is 11.8 Å². The van der Waals surface area contributed by atoms with E-state index in [1.807, 2.05) is 61.2 Å². The third kappa shape index (κ3) is 2.87. The Hall–Kier alpha value is -3.21. The lowest BCUT2D eigenvalue weighted by molar-refractivity contribution is -0.140. The standard InChI is InChI=1S/C26H26N2O3/c1-3-4-14-27-25(30)21-20-15-16(2)18-12-8-9-13-19(18)28(20)23(22(21)26(27)31)24(29)17-10-6-5-7-11-17/h5-13,15,20-23H,3-4,14H2,1-2H3/t20-,21-,22-,23+/m0/s1. The molecule has 2 aromatic carbocycles. The summed E-state index contributed by atoms with van der Waals surface area (Å²) in [6, 6.07) is 16.1. The molecule has 4 atom stereocenters. The molecule has 0 spiro atoms. The maximum atomic E-state index is 13.8. The van der Waals surface area contributed by atoms with E-state index in [0.717, 1.165) is 29.7 Å². The van der Waals surface area contributed by atoms with Crippen molar-refractivity contribution in [2.75, 3.05) is 11.4 Å². The Morgan fingerprint density at radius 2 is 1.61 bits per heavy atom. The number of benzene rings is 2. The smallest absolute Gasteiger partial charge is 0.235 e. The number of nitrogens with zero attached hydrogens (tertiary/aromatic N) is 2. The Bertz CT molecular complexity index is 1090. The fourth-order valence-electron chi connectivity index (χ4n) is 5.47. The molecule has 158 valence electrons. The van der Waals surface area contributed by atoms with Crippen LogP contribution in [0.2, 0.25) is 0 Å². The predicted molar refractivity (Wildman–Crippen MR) is 120 cm³/mol. The van der Waals surface area contributed by atoms with Crippen LogP contribution in [0.15, 0.2) is 60.7 Å². The van der Waals surface area contributed by atoms with Crippen LogP contribution in [-0.4, -0.2) is 41.1 Å². The van der Waals surface area contributed by atoms with E-state index < -0.39 is 17.9 Å². The zero-order valence-electron chi connectivity index (χ0n) is 17.8. The van der Waals surface area contributed by atoms with Crippen molar-refractivity contribution in [1.82, 2.24) is 4.90 Å². The molecule has 2 aromatic rings. The van der Waals surface area contributed by atoms with Crippen molar-refractivity contribution >= 4 is 28.9 Å². The van der Waals surface area contributed by atoms with E-state index in [1.54, 1.807) is 12.1 Å². The van der Waals surface area contributed by atoms with Gasteiger partial charge in [-0.25, -0.2) is 0 Å². The monoisotopic (exact) mass is 414 g/mol. The highest BCUT2D eigenvalue weighted by molar-refractivity contribution is 6.14. The van der Waals surface area contributed by atoms with Crippen LogP contribution in [0.1, 0.15) is 42.6 Å². The molecule has 0 aromatic heterocycles. The Morgan fingerprint density at radius 3 is 2.35 bits per heavy atom. The molecule has 3 aliphatic heterocycles. The van der Waals surface area contributed by atoms with Crippen molar-refractivity contribution in [3.8, 4) is 0 Å². The summed E-state index contributed by atoms with van der Waals surface area (Å²) < 4.78 is 0. The molecular weight excluding hydrogens is 388 g/mol. The van der Waals surface area contributed by atoms with Crippen molar-refractivity contribution in [2.45, 2.75) is 38.8 Å². The maximum absolute atomic E-state index is 13.8. The molecule has 3 aliphatic rings. The number of fused-ring (bicyclic) bond motifs is 5. The van der Waals surface area contributed by atoms with Crippen molar-refractivity contribution in [2.24, 2.45) is 11.8 Å². The number of carbonyl (C=O) groups excluding carboxylic acids is 3. The number of unbranched alkanes of at least 4 members (excludes halogenated alkanes) is 1. The number of imide groups is 1. The van der Waals surface area contributed by atoms with Crippen molar-refractivity contribution in [1.29, 1.82) is 0 Å². The lowest BCUT2D eigenvalue weighted by atomic mass is 9.85. The van der Waals surface area contributed by atoms with Crippen molar-refractivity contribution < 1.29 is 14.4 Å². The van der Waals surface area contributed by atoms with Gasteiger partial charge >= 0.3 is 0 Å². The van der Waals surface area contributed by atoms with Gasteiger partial charge in [-0.05, 0) is 25.0 Å². The van der Waals surface area contributed by atoms with Crippen LogP contribution in [0.4, 0.5) is 5.69 Å². The van der Waals surface area contributed by atoms with Crippen LogP contribution in [0.25, 0.3) is 5.57 Å². The van der Waals surface area contributed by atoms with Gasteiger partial charge in [-0.15, -0.1) is 0 Å². The van der Waals surface area contributed by atoms with E-state index in [1.165, 1.54) is 4.90 Å². The maximum Gasteiger partial charge on any atom is 0.235 e. The highest BCUT2D eigenvalue weighted by Gasteiger charge is 2.64. The van der Waals surface area contributed by atoms with Crippen LogP contribution >= 0.6 is 0 Å². The summed E-state index contributed by atoms with van der Waals surface area (Å²) >= 11 is 0. The minimum absolute atomic E-state index is 0.0978. The third-order valence-corrected chi connectivity index (χ3v) is 6.91. The Morgan fingerprint density at radius 1 is 0.935 bits per heavy atom. The van der Waals surface area contributed by atoms with E-state index in [9.17, 15) is 14.4 Å². The Labute approximate surface area is 182 Å². The Balaban J connectivity index is 1.65. The number of para-hydroxylation sites is 1. The first-order valence-corrected chi connectivity index (χ1v) is 11.0. The molecule has 31 heavy (non-hydrogen) atoms. The highest BCUT2D eigenvalue weighted by atomic mass is 16.2. The summed E-state index contributed by atoms with van der Waals surface area (Å²) in [5, 5.41) is 0. The molecule has 3 heterocycles. The normalized spacial score (nSPS) is 26.5. The SMILES string of the molecule is CCCCN1C(=O)[C@@H]2[C@H](C1=O)[C@H](C(=O)c1ccccc1)N1c3ccccc3C(C)=C[C@@H]21. The highest BCUT2D eigenvalue weighted by Crippen LogP contribution is 2.50. The number of anilines is 1. The van der Waals surface area contributed by atoms with Gasteiger partial charge in [-0.3, -0.25) is 19.3 Å². The van der Waals surface area contributed by atoms with Gasteiger partial charge in [0.1, 0.15) is 6.04 Å². The van der Waals surface area contributed by atoms with E-state index in [0.29, 0.717) is 12.1 Å². The first kappa shape index (κ1) is 19.7. The van der Waals surface area contributed by atoms with Crippen LogP contribution in [-0.2, 0) is 9.59 Å². The summed E-state index contributed by atoms with van der Waals surface area (Å²) in [6.45, 7) is 4.51. The summed E-state index contributed by atoms with van der Waals surface area (Å²) in [5.41, 5.74) is 3.63. The van der Waals surface area contributed by atoms with Gasteiger partial charge in [-0.2, -0.15) is 0 Å². The zero-order valence-corrected chi connectivity index (χ0v) is 17.8. The molecule has 0 aliphatic carbocycles. The number of rotatable bonds is 5. The van der Waals surface area contributed by atoms with E-state index >= 15 is 0 Å². The van der Waals surface area contributed by atoms with Crippen LogP contribution in [0.5, 0.6) is 0 Å². The van der Waals surface area contributed by atoms with Gasteiger partial charge in [0.25, 0.3) is 0 Å². The minimum Gasteiger partial charge on any atom is -0.352 e. The number of carbonyl (C=O) groups is 3. The number of hydrogen-bond acceptors (Lipinski definition) is 4. The molecule has 0 bridgehead atoms. The number of ketones is 1. The van der Waals surface area contributed by atoms with Gasteiger partial charge in [0.05, 0.1) is 17.9 Å². The van der Waals surface area contributed by atoms with E-state index in [-0.39, 0.29) is 23.6 Å². The number of amides is 2. The quantitative estimate of drug-likeness (QED) is 0.549. The second-order valence-corrected chi connectivity index (χ2v) is 8.67. The van der Waals surface area contributed by atoms with Gasteiger partial charge in [0.15, 0.2) is 5.78 Å². The summed E-state index contributed by atoms with van der Waals surface area (Å²) in [4.78, 5) is 44.1. The van der Waals surface area contributed by atoms with Crippen LogP contribution in [0, 0.1) is 11.8 Å². The van der Waals surface area contributed by atoms with Gasteiger partial charge in [-0.1, -0.05) is 68.0 Å². The van der Waals surface area contributed by atoms with Crippen molar-refractivity contribution in [3.63, 3.8) is 0 Å². The average molecular weight is 415 g/mol. The summed E-state index contributed by atoms with van der Waals surface area (Å²) in [5.74, 6) is -1.61. The third-order valence-electron chi connectivity index (χ3n) is 6.91. The fourth-order valence-corrected chi connectivity index (χ4v) is 5.47. The molecule has 0 N–H and O–H groups in total. The largest absolute Gasteiger partial charge is 0.352 e. The number of hydrogen-bond donors (Lipinski definition) is 0. The second-order valence-electron chi connectivity index (χ2n) is 8.67. The van der Waals surface area contributed by atoms with Gasteiger partial charge < -0.3 is 4.90 Å². The molecule has 0 saturated carbocycles. The number of Topliss-reactive ketones (excluding diaryl/α,β-unsaturated/α-hetero) is 1. The van der Waals surface area contributed by atoms with E-state index in [2.05, 4.69) is 6.08 Å².